The molecular weight excluding hydrogens is 496 g/mol. The van der Waals surface area contributed by atoms with Crippen molar-refractivity contribution in [2.24, 2.45) is 5.92 Å². The minimum absolute atomic E-state index is 0.172. The molecule has 0 radical (unpaired) electrons. The van der Waals surface area contributed by atoms with E-state index in [-0.39, 0.29) is 16.9 Å². The summed E-state index contributed by atoms with van der Waals surface area (Å²) in [6.07, 6.45) is 5.36. The van der Waals surface area contributed by atoms with Crippen LogP contribution in [0.3, 0.4) is 0 Å². The second kappa shape index (κ2) is 8.01. The molecule has 2 N–H and O–H groups in total. The van der Waals surface area contributed by atoms with Crippen molar-refractivity contribution in [1.29, 1.82) is 0 Å². The Hall–Kier alpha value is -2.28. The monoisotopic (exact) mass is 514 g/mol. The Kier molecular flexibility index (Phi) is 5.32. The van der Waals surface area contributed by atoms with Crippen LogP contribution < -0.4 is 10.0 Å². The molecule has 2 aliphatic rings. The lowest BCUT2D eigenvalue weighted by Crippen LogP contribution is -2.29. The van der Waals surface area contributed by atoms with Crippen molar-refractivity contribution in [2.75, 3.05) is 10.0 Å². The predicted octanol–water partition coefficient (Wildman–Crippen LogP) is 6.73. The van der Waals surface area contributed by atoms with E-state index in [1.807, 2.05) is 6.07 Å². The van der Waals surface area contributed by atoms with E-state index < -0.39 is 10.0 Å². The van der Waals surface area contributed by atoms with E-state index in [2.05, 4.69) is 62.4 Å². The maximum absolute atomic E-state index is 13.0. The Morgan fingerprint density at radius 3 is 2.61 bits per heavy atom. The first-order valence-electron chi connectivity index (χ1n) is 10.0. The highest BCUT2D eigenvalue weighted by molar-refractivity contribution is 9.10. The molecule has 0 fully saturated rings. The molecule has 3 aromatic carbocycles. The number of rotatable bonds is 4. The molecule has 0 spiro atoms. The SMILES string of the molecule is O=S(=O)(Nc1cccc(Cl)c1)c1ccc2c(c1)[C@H]1C=CC[C@H]1[C@@H](c1ccc(Br)cc1)N2. The molecule has 1 aliphatic heterocycles. The van der Waals surface area contributed by atoms with Crippen molar-refractivity contribution in [3.63, 3.8) is 0 Å². The van der Waals surface area contributed by atoms with Gasteiger partial charge in [0, 0.05) is 21.1 Å². The van der Waals surface area contributed by atoms with Crippen molar-refractivity contribution in [1.82, 2.24) is 0 Å². The van der Waals surface area contributed by atoms with Gasteiger partial charge in [0.1, 0.15) is 0 Å². The molecule has 0 bridgehead atoms. The molecule has 5 rings (SSSR count). The summed E-state index contributed by atoms with van der Waals surface area (Å²) in [6, 6.07) is 20.6. The fraction of sp³-hybridized carbons (Fsp3) is 0.167. The highest BCUT2D eigenvalue weighted by Gasteiger charge is 2.38. The van der Waals surface area contributed by atoms with E-state index in [1.165, 1.54) is 5.56 Å². The first-order valence-corrected chi connectivity index (χ1v) is 12.7. The standard InChI is InChI=1S/C24H20BrClN2O2S/c25-16-9-7-15(8-10-16)24-21-6-2-5-20(21)22-14-19(11-12-23(22)27-24)31(29,30)28-18-4-1-3-17(26)13-18/h1-5,7-14,20-21,24,27-28H,6H2/t20-,21+,24+/m0/s1. The molecule has 1 heterocycles. The zero-order valence-electron chi connectivity index (χ0n) is 16.4. The summed E-state index contributed by atoms with van der Waals surface area (Å²) < 4.78 is 29.7. The number of halogens is 2. The molecule has 0 unspecified atom stereocenters. The summed E-state index contributed by atoms with van der Waals surface area (Å²) in [4.78, 5) is 0.245. The largest absolute Gasteiger partial charge is 0.378 e. The van der Waals surface area contributed by atoms with Crippen molar-refractivity contribution < 1.29 is 8.42 Å². The van der Waals surface area contributed by atoms with Crippen LogP contribution in [0.1, 0.15) is 29.5 Å². The van der Waals surface area contributed by atoms with Crippen molar-refractivity contribution in [3.8, 4) is 0 Å². The normalized spacial score (nSPS) is 21.8. The number of sulfonamides is 1. The van der Waals surface area contributed by atoms with Crippen LogP contribution in [0.4, 0.5) is 11.4 Å². The average Bonchev–Trinajstić information content (AvgIpc) is 3.23. The molecule has 3 atom stereocenters. The van der Waals surface area contributed by atoms with Crippen LogP contribution in [0.2, 0.25) is 5.02 Å². The fourth-order valence-electron chi connectivity index (χ4n) is 4.51. The third-order valence-corrected chi connectivity index (χ3v) is 8.09. The number of benzene rings is 3. The van der Waals surface area contributed by atoms with E-state index in [0.29, 0.717) is 16.6 Å². The molecule has 31 heavy (non-hydrogen) atoms. The highest BCUT2D eigenvalue weighted by atomic mass is 79.9. The minimum atomic E-state index is -3.73. The minimum Gasteiger partial charge on any atom is -0.378 e. The molecule has 4 nitrogen and oxygen atoms in total. The molecule has 0 amide bonds. The van der Waals surface area contributed by atoms with Gasteiger partial charge in [-0.3, -0.25) is 4.72 Å². The van der Waals surface area contributed by atoms with Gasteiger partial charge in [0.05, 0.1) is 16.6 Å². The second-order valence-electron chi connectivity index (χ2n) is 7.89. The maximum atomic E-state index is 13.0. The Labute approximate surface area is 195 Å². The van der Waals surface area contributed by atoms with Crippen LogP contribution in [0.15, 0.2) is 88.3 Å². The van der Waals surface area contributed by atoms with Crippen molar-refractivity contribution in [3.05, 3.63) is 99.5 Å². The van der Waals surface area contributed by atoms with Gasteiger partial charge in [-0.1, -0.05) is 57.9 Å². The van der Waals surface area contributed by atoms with Gasteiger partial charge < -0.3 is 5.32 Å². The molecule has 1 aliphatic carbocycles. The zero-order valence-corrected chi connectivity index (χ0v) is 19.6. The van der Waals surface area contributed by atoms with Crippen LogP contribution in [-0.2, 0) is 10.0 Å². The van der Waals surface area contributed by atoms with Gasteiger partial charge in [-0.25, -0.2) is 8.42 Å². The van der Waals surface area contributed by atoms with Gasteiger partial charge in [0.2, 0.25) is 0 Å². The van der Waals surface area contributed by atoms with Gasteiger partial charge >= 0.3 is 0 Å². The topological polar surface area (TPSA) is 58.2 Å². The van der Waals surface area contributed by atoms with Gasteiger partial charge in [-0.05, 0) is 72.0 Å². The third-order valence-electron chi connectivity index (χ3n) is 5.95. The number of allylic oxidation sites excluding steroid dienone is 2. The number of hydrogen-bond donors (Lipinski definition) is 2. The second-order valence-corrected chi connectivity index (χ2v) is 10.9. The zero-order chi connectivity index (χ0) is 21.6. The molecule has 0 saturated carbocycles. The molecule has 3 aromatic rings. The Balaban J connectivity index is 1.49. The Morgan fingerprint density at radius 2 is 1.84 bits per heavy atom. The third kappa shape index (κ3) is 4.00. The van der Waals surface area contributed by atoms with Crippen molar-refractivity contribution >= 4 is 48.9 Å². The number of anilines is 2. The van der Waals surface area contributed by atoms with E-state index in [0.717, 1.165) is 22.1 Å². The van der Waals surface area contributed by atoms with Crippen LogP contribution in [0.25, 0.3) is 0 Å². The van der Waals surface area contributed by atoms with Gasteiger partial charge in [-0.15, -0.1) is 0 Å². The summed E-state index contributed by atoms with van der Waals surface area (Å²) in [5.41, 5.74) is 3.66. The fourth-order valence-corrected chi connectivity index (χ4v) is 6.04. The smallest absolute Gasteiger partial charge is 0.261 e. The maximum Gasteiger partial charge on any atom is 0.261 e. The lowest BCUT2D eigenvalue weighted by atomic mass is 9.77. The van der Waals surface area contributed by atoms with Gasteiger partial charge in [0.25, 0.3) is 10.0 Å². The average molecular weight is 516 g/mol. The summed E-state index contributed by atoms with van der Waals surface area (Å²) in [6.45, 7) is 0. The van der Waals surface area contributed by atoms with Crippen molar-refractivity contribution in [2.45, 2.75) is 23.3 Å². The quantitative estimate of drug-likeness (QED) is 0.379. The first kappa shape index (κ1) is 20.6. The summed E-state index contributed by atoms with van der Waals surface area (Å²) in [7, 11) is -3.73. The highest BCUT2D eigenvalue weighted by Crippen LogP contribution is 2.50. The van der Waals surface area contributed by atoms with Crippen LogP contribution in [-0.4, -0.2) is 8.42 Å². The number of nitrogens with one attached hydrogen (secondary N) is 2. The van der Waals surface area contributed by atoms with Crippen LogP contribution in [0.5, 0.6) is 0 Å². The molecular formula is C24H20BrClN2O2S. The van der Waals surface area contributed by atoms with E-state index in [4.69, 9.17) is 11.6 Å². The summed E-state index contributed by atoms with van der Waals surface area (Å²) >= 11 is 9.50. The van der Waals surface area contributed by atoms with E-state index in [9.17, 15) is 8.42 Å². The summed E-state index contributed by atoms with van der Waals surface area (Å²) in [5, 5.41) is 4.13. The molecule has 7 heteroatoms. The molecule has 158 valence electrons. The lowest BCUT2D eigenvalue weighted by Gasteiger charge is -2.37. The van der Waals surface area contributed by atoms with Crippen LogP contribution >= 0.6 is 27.5 Å². The Bertz CT molecular complexity index is 1270. The number of fused-ring (bicyclic) bond motifs is 3. The summed E-state index contributed by atoms with van der Waals surface area (Å²) in [5.74, 6) is 0.513. The molecule has 0 aromatic heterocycles. The Morgan fingerprint density at radius 1 is 1.03 bits per heavy atom. The first-order chi connectivity index (χ1) is 14.9. The van der Waals surface area contributed by atoms with Gasteiger partial charge in [0.15, 0.2) is 0 Å². The van der Waals surface area contributed by atoms with Crippen LogP contribution in [0, 0.1) is 5.92 Å². The predicted molar refractivity (Wildman–Crippen MR) is 129 cm³/mol. The number of hydrogen-bond acceptors (Lipinski definition) is 3. The van der Waals surface area contributed by atoms with E-state index >= 15 is 0 Å². The van der Waals surface area contributed by atoms with E-state index in [1.54, 1.807) is 36.4 Å². The van der Waals surface area contributed by atoms with Gasteiger partial charge in [-0.2, -0.15) is 0 Å². The molecule has 0 saturated heterocycles. The lowest BCUT2D eigenvalue weighted by molar-refractivity contribution is 0.425.